The van der Waals surface area contributed by atoms with E-state index in [1.165, 1.54) is 0 Å². The van der Waals surface area contributed by atoms with E-state index in [1.807, 2.05) is 62.4 Å². The molecule has 0 amide bonds. The Kier molecular flexibility index (Phi) is 6.62. The first-order valence-corrected chi connectivity index (χ1v) is 12.6. The van der Waals surface area contributed by atoms with Gasteiger partial charge in [0.25, 0.3) is 15.5 Å². The molecule has 186 valence electrons. The molecular formula is C23H17F3N4O4S2. The van der Waals surface area contributed by atoms with Gasteiger partial charge in [-0.2, -0.15) is 13.2 Å². The van der Waals surface area contributed by atoms with Crippen LogP contribution < -0.4 is 0 Å². The second-order valence-corrected chi connectivity index (χ2v) is 10.7. The fourth-order valence-corrected chi connectivity index (χ4v) is 5.05. The van der Waals surface area contributed by atoms with Crippen LogP contribution in [0.15, 0.2) is 81.7 Å². The van der Waals surface area contributed by atoms with Gasteiger partial charge in [0.05, 0.1) is 20.4 Å². The number of nitrogens with zero attached hydrogens (tertiary/aromatic N) is 4. The van der Waals surface area contributed by atoms with E-state index < -0.39 is 30.9 Å². The molecule has 0 radical (unpaired) electrons. The van der Waals surface area contributed by atoms with E-state index in [-0.39, 0.29) is 10.1 Å². The van der Waals surface area contributed by atoms with Crippen LogP contribution in [0.5, 0.6) is 0 Å². The maximum atomic E-state index is 13.0. The van der Waals surface area contributed by atoms with Crippen molar-refractivity contribution >= 4 is 27.3 Å². The molecule has 0 aliphatic heterocycles. The van der Waals surface area contributed by atoms with E-state index in [9.17, 15) is 31.7 Å². The number of nitro groups is 1. The molecule has 8 nitrogen and oxygen atoms in total. The number of alkyl halides is 3. The van der Waals surface area contributed by atoms with Crippen LogP contribution in [0.3, 0.4) is 0 Å². The molecule has 4 rings (SSSR count). The number of rotatable bonds is 6. The third-order valence-electron chi connectivity index (χ3n) is 5.36. The second kappa shape index (κ2) is 9.39. The van der Waals surface area contributed by atoms with Gasteiger partial charge in [0, 0.05) is 11.6 Å². The highest BCUT2D eigenvalue weighted by Crippen LogP contribution is 2.40. The summed E-state index contributed by atoms with van der Waals surface area (Å²) in [4.78, 5) is 9.43. The summed E-state index contributed by atoms with van der Waals surface area (Å²) in [6.07, 6.45) is 0. The fourth-order valence-electron chi connectivity index (χ4n) is 3.33. The van der Waals surface area contributed by atoms with Gasteiger partial charge in [-0.3, -0.25) is 14.7 Å². The van der Waals surface area contributed by atoms with Gasteiger partial charge in [0.15, 0.2) is 5.82 Å². The highest BCUT2D eigenvalue weighted by Gasteiger charge is 2.47. The summed E-state index contributed by atoms with van der Waals surface area (Å²) in [5, 5.41) is 20.3. The lowest BCUT2D eigenvalue weighted by atomic mass is 10.1. The van der Waals surface area contributed by atoms with Crippen molar-refractivity contribution in [3.05, 3.63) is 88.0 Å². The van der Waals surface area contributed by atoms with Crippen molar-refractivity contribution < 1.29 is 26.5 Å². The Bertz CT molecular complexity index is 1570. The van der Waals surface area contributed by atoms with Gasteiger partial charge in [0.2, 0.25) is 5.16 Å². The number of halogens is 3. The molecule has 0 atom stereocenters. The van der Waals surface area contributed by atoms with Crippen molar-refractivity contribution in [3.63, 3.8) is 0 Å². The number of hydrogen-bond acceptors (Lipinski definition) is 7. The van der Waals surface area contributed by atoms with Crippen molar-refractivity contribution in [1.29, 1.82) is 0 Å². The molecule has 0 aliphatic rings. The van der Waals surface area contributed by atoms with Gasteiger partial charge in [-0.05, 0) is 61.0 Å². The van der Waals surface area contributed by atoms with E-state index in [0.29, 0.717) is 23.6 Å². The zero-order valence-corrected chi connectivity index (χ0v) is 20.4. The summed E-state index contributed by atoms with van der Waals surface area (Å²) in [5.41, 5.74) is -2.99. The molecule has 0 N–H and O–H groups in total. The molecule has 1 heterocycles. The molecule has 0 saturated carbocycles. The maximum absolute atomic E-state index is 13.0. The Morgan fingerprint density at radius 3 is 2.25 bits per heavy atom. The zero-order chi connectivity index (χ0) is 26.3. The van der Waals surface area contributed by atoms with Crippen LogP contribution in [0, 0.1) is 24.0 Å². The normalized spacial score (nSPS) is 12.0. The average molecular weight is 535 g/mol. The minimum absolute atomic E-state index is 0.0989. The molecule has 3 aromatic carbocycles. The van der Waals surface area contributed by atoms with Gasteiger partial charge in [-0.25, -0.2) is 8.42 Å². The number of benzene rings is 3. The lowest BCUT2D eigenvalue weighted by Crippen LogP contribution is -2.23. The lowest BCUT2D eigenvalue weighted by molar-refractivity contribution is -0.388. The number of sulfone groups is 1. The fraction of sp³-hybridized carbons (Fsp3) is 0.130. The predicted molar refractivity (Wildman–Crippen MR) is 127 cm³/mol. The van der Waals surface area contributed by atoms with Gasteiger partial charge >= 0.3 is 5.51 Å². The molecule has 1 aromatic heterocycles. The summed E-state index contributed by atoms with van der Waals surface area (Å²) in [6.45, 7) is 3.86. The van der Waals surface area contributed by atoms with Gasteiger partial charge in [-0.15, -0.1) is 10.2 Å². The molecule has 0 bridgehead atoms. The SMILES string of the molecule is Cc1ccc(-n2c(Sc3ccc(S(=O)(=O)C(F)(F)F)cc3[N+](=O)[O-])nnc2-c2ccccc2)cc1C. The number of aryl methyl sites for hydroxylation is 2. The van der Waals surface area contributed by atoms with E-state index in [4.69, 9.17) is 0 Å². The summed E-state index contributed by atoms with van der Waals surface area (Å²) in [7, 11) is -5.76. The molecule has 0 saturated heterocycles. The molecule has 0 spiro atoms. The molecule has 13 heteroatoms. The summed E-state index contributed by atoms with van der Waals surface area (Å²) < 4.78 is 64.2. The first-order valence-electron chi connectivity index (χ1n) is 10.3. The quantitative estimate of drug-likeness (QED) is 0.224. The Hall–Kier alpha value is -3.71. The molecule has 0 aliphatic carbocycles. The smallest absolute Gasteiger partial charge is 0.270 e. The van der Waals surface area contributed by atoms with Crippen LogP contribution in [0.2, 0.25) is 0 Å². The average Bonchev–Trinajstić information content (AvgIpc) is 3.24. The molecule has 4 aromatic rings. The largest absolute Gasteiger partial charge is 0.501 e. The summed E-state index contributed by atoms with van der Waals surface area (Å²) in [5.74, 6) is 0.445. The van der Waals surface area contributed by atoms with E-state index in [0.717, 1.165) is 34.5 Å². The summed E-state index contributed by atoms with van der Waals surface area (Å²) in [6, 6.07) is 16.8. The van der Waals surface area contributed by atoms with Gasteiger partial charge in [-0.1, -0.05) is 36.4 Å². The van der Waals surface area contributed by atoms with E-state index in [2.05, 4.69) is 10.2 Å². The van der Waals surface area contributed by atoms with Crippen LogP contribution in [-0.2, 0) is 9.84 Å². The van der Waals surface area contributed by atoms with Crippen LogP contribution in [0.25, 0.3) is 17.1 Å². The van der Waals surface area contributed by atoms with Gasteiger partial charge in [0.1, 0.15) is 0 Å². The second-order valence-electron chi connectivity index (χ2n) is 7.71. The Labute approximate surface area is 207 Å². The summed E-state index contributed by atoms with van der Waals surface area (Å²) >= 11 is 0.788. The predicted octanol–water partition coefficient (Wildman–Crippen LogP) is 5.90. The number of hydrogen-bond donors (Lipinski definition) is 0. The van der Waals surface area contributed by atoms with Crippen LogP contribution in [0.1, 0.15) is 11.1 Å². The van der Waals surface area contributed by atoms with Crippen LogP contribution in [-0.4, -0.2) is 33.6 Å². The van der Waals surface area contributed by atoms with Crippen LogP contribution in [0.4, 0.5) is 18.9 Å². The lowest BCUT2D eigenvalue weighted by Gasteiger charge is -2.13. The van der Waals surface area contributed by atoms with Crippen molar-refractivity contribution in [2.45, 2.75) is 34.3 Å². The zero-order valence-electron chi connectivity index (χ0n) is 18.7. The minimum Gasteiger partial charge on any atom is -0.270 e. The number of aromatic nitrogens is 3. The highest BCUT2D eigenvalue weighted by atomic mass is 32.2. The van der Waals surface area contributed by atoms with Crippen molar-refractivity contribution in [2.24, 2.45) is 0 Å². The standard InChI is InChI=1S/C23H17F3N4O4S2/c1-14-8-9-17(12-15(14)2)29-21(16-6-4-3-5-7-16)27-28-22(29)35-20-11-10-18(13-19(20)30(31)32)36(33,34)23(24,25)26/h3-13H,1-2H3. The van der Waals surface area contributed by atoms with Crippen molar-refractivity contribution in [1.82, 2.24) is 14.8 Å². The molecule has 0 unspecified atom stereocenters. The van der Waals surface area contributed by atoms with E-state index in [1.54, 1.807) is 4.57 Å². The topological polar surface area (TPSA) is 108 Å². The molecule has 36 heavy (non-hydrogen) atoms. The van der Waals surface area contributed by atoms with E-state index >= 15 is 0 Å². The first kappa shape index (κ1) is 25.4. The highest BCUT2D eigenvalue weighted by molar-refractivity contribution is 7.99. The van der Waals surface area contributed by atoms with Gasteiger partial charge < -0.3 is 0 Å². The van der Waals surface area contributed by atoms with Crippen molar-refractivity contribution in [3.8, 4) is 17.1 Å². The third kappa shape index (κ3) is 4.71. The first-order chi connectivity index (χ1) is 16.9. The monoisotopic (exact) mass is 534 g/mol. The third-order valence-corrected chi connectivity index (χ3v) is 7.85. The Morgan fingerprint density at radius 2 is 1.64 bits per heavy atom. The Balaban J connectivity index is 1.86. The molecular weight excluding hydrogens is 517 g/mol. The van der Waals surface area contributed by atoms with Crippen LogP contribution >= 0.6 is 11.8 Å². The van der Waals surface area contributed by atoms with Crippen molar-refractivity contribution in [2.75, 3.05) is 0 Å². The maximum Gasteiger partial charge on any atom is 0.501 e. The number of nitro benzene ring substituents is 1. The Morgan fingerprint density at radius 1 is 0.944 bits per heavy atom. The minimum atomic E-state index is -5.76. The molecule has 0 fully saturated rings.